The van der Waals surface area contributed by atoms with Crippen molar-refractivity contribution in [2.45, 2.75) is 19.4 Å². The van der Waals surface area contributed by atoms with Crippen LogP contribution in [0.2, 0.25) is 0 Å². The highest BCUT2D eigenvalue weighted by Crippen LogP contribution is 2.21. The monoisotopic (exact) mass is 271 g/mol. The summed E-state index contributed by atoms with van der Waals surface area (Å²) >= 11 is 1.62. The summed E-state index contributed by atoms with van der Waals surface area (Å²) < 4.78 is 0. The summed E-state index contributed by atoms with van der Waals surface area (Å²) in [5.41, 5.74) is 0.774. The van der Waals surface area contributed by atoms with Gasteiger partial charge >= 0.3 is 0 Å². The van der Waals surface area contributed by atoms with Gasteiger partial charge in [0.15, 0.2) is 0 Å². The van der Waals surface area contributed by atoms with E-state index in [4.69, 9.17) is 5.26 Å². The van der Waals surface area contributed by atoms with Gasteiger partial charge < -0.3 is 5.32 Å². The third kappa shape index (κ3) is 3.18. The summed E-state index contributed by atoms with van der Waals surface area (Å²) in [6, 6.07) is 9.11. The van der Waals surface area contributed by atoms with Gasteiger partial charge in [0.1, 0.15) is 11.8 Å². The number of hydrogen-bond acceptors (Lipinski definition) is 4. The Labute approximate surface area is 115 Å². The number of thiophene rings is 1. The molecule has 0 aliphatic carbocycles. The minimum Gasteiger partial charge on any atom is -0.343 e. The summed E-state index contributed by atoms with van der Waals surface area (Å²) in [6.07, 6.45) is 2.23. The van der Waals surface area contributed by atoms with Gasteiger partial charge in [0.25, 0.3) is 5.91 Å². The first kappa shape index (κ1) is 13.2. The van der Waals surface area contributed by atoms with Crippen LogP contribution < -0.4 is 5.32 Å². The fourth-order valence-electron chi connectivity index (χ4n) is 1.69. The second kappa shape index (κ2) is 6.12. The number of carbonyl (C=O) groups excluding carboxylic acids is 1. The van der Waals surface area contributed by atoms with Crippen LogP contribution in [0.4, 0.5) is 0 Å². The average Bonchev–Trinajstić information content (AvgIpc) is 2.98. The highest BCUT2D eigenvalue weighted by Gasteiger charge is 2.15. The average molecular weight is 271 g/mol. The summed E-state index contributed by atoms with van der Waals surface area (Å²) in [7, 11) is 0. The van der Waals surface area contributed by atoms with E-state index in [-0.39, 0.29) is 11.9 Å². The number of aromatic nitrogens is 1. The first-order valence-corrected chi connectivity index (χ1v) is 6.83. The molecule has 0 aliphatic rings. The normalized spacial score (nSPS) is 11.6. The zero-order chi connectivity index (χ0) is 13.7. The molecule has 0 aromatic carbocycles. The number of nitriles is 1. The topological polar surface area (TPSA) is 65.8 Å². The van der Waals surface area contributed by atoms with Crippen LogP contribution in [0.25, 0.3) is 0 Å². The van der Waals surface area contributed by atoms with Gasteiger partial charge in [0, 0.05) is 11.1 Å². The number of carbonyl (C=O) groups is 1. The van der Waals surface area contributed by atoms with Gasteiger partial charge in [0.2, 0.25) is 0 Å². The Balaban J connectivity index is 2.09. The van der Waals surface area contributed by atoms with Crippen molar-refractivity contribution >= 4 is 17.2 Å². The molecule has 1 unspecified atom stereocenters. The number of nitrogens with zero attached hydrogens (tertiary/aromatic N) is 2. The Bertz CT molecular complexity index is 584. The summed E-state index contributed by atoms with van der Waals surface area (Å²) in [5, 5.41) is 13.6. The number of amides is 1. The minimum absolute atomic E-state index is 0.00458. The van der Waals surface area contributed by atoms with Crippen molar-refractivity contribution in [2.24, 2.45) is 0 Å². The molecule has 0 aliphatic heterocycles. The smallest absolute Gasteiger partial charge is 0.270 e. The lowest BCUT2D eigenvalue weighted by Crippen LogP contribution is -2.28. The summed E-state index contributed by atoms with van der Waals surface area (Å²) in [5.74, 6) is -0.218. The second-order valence-electron chi connectivity index (χ2n) is 3.99. The third-order valence-electron chi connectivity index (χ3n) is 2.73. The first-order valence-electron chi connectivity index (χ1n) is 5.95. The van der Waals surface area contributed by atoms with Crippen LogP contribution in [-0.2, 0) is 0 Å². The molecule has 0 saturated heterocycles. The second-order valence-corrected chi connectivity index (χ2v) is 4.97. The summed E-state index contributed by atoms with van der Waals surface area (Å²) in [6.45, 7) is 2.02. The molecule has 1 amide bonds. The molecule has 1 atom stereocenters. The predicted octanol–water partition coefficient (Wildman–Crippen LogP) is 2.90. The zero-order valence-electron chi connectivity index (χ0n) is 10.5. The van der Waals surface area contributed by atoms with E-state index in [0.29, 0.717) is 11.3 Å². The van der Waals surface area contributed by atoms with Crippen LogP contribution in [0.1, 0.15) is 40.3 Å². The Morgan fingerprint density at radius 1 is 1.53 bits per heavy atom. The number of nitrogens with one attached hydrogen (secondary N) is 1. The van der Waals surface area contributed by atoms with E-state index >= 15 is 0 Å². The maximum Gasteiger partial charge on any atom is 0.270 e. The van der Waals surface area contributed by atoms with Crippen molar-refractivity contribution in [3.8, 4) is 6.07 Å². The lowest BCUT2D eigenvalue weighted by Gasteiger charge is -2.15. The lowest BCUT2D eigenvalue weighted by atomic mass is 10.2. The van der Waals surface area contributed by atoms with E-state index in [1.165, 1.54) is 6.20 Å². The highest BCUT2D eigenvalue weighted by atomic mass is 32.1. The quantitative estimate of drug-likeness (QED) is 0.929. The molecule has 0 radical (unpaired) electrons. The molecule has 0 saturated carbocycles. The maximum atomic E-state index is 12.1. The molecule has 1 N–H and O–H groups in total. The third-order valence-corrected chi connectivity index (χ3v) is 3.71. The van der Waals surface area contributed by atoms with Crippen molar-refractivity contribution in [3.05, 3.63) is 52.0 Å². The molecule has 19 heavy (non-hydrogen) atoms. The fourth-order valence-corrected chi connectivity index (χ4v) is 2.55. The van der Waals surface area contributed by atoms with Crippen LogP contribution in [0.15, 0.2) is 35.8 Å². The van der Waals surface area contributed by atoms with Gasteiger partial charge in [-0.1, -0.05) is 13.0 Å². The predicted molar refractivity (Wildman–Crippen MR) is 73.8 cm³/mol. The molecular formula is C14H13N3OS. The molecular weight excluding hydrogens is 258 g/mol. The van der Waals surface area contributed by atoms with Gasteiger partial charge in [-0.2, -0.15) is 5.26 Å². The van der Waals surface area contributed by atoms with Gasteiger partial charge in [-0.05, 0) is 30.0 Å². The van der Waals surface area contributed by atoms with Crippen molar-refractivity contribution < 1.29 is 4.79 Å². The molecule has 2 rings (SSSR count). The molecule has 0 fully saturated rings. The van der Waals surface area contributed by atoms with E-state index in [1.54, 1.807) is 23.5 Å². The standard InChI is InChI=1S/C14H13N3OS/c1-2-11(13-4-3-7-19-13)17-14(18)12-6-5-10(8-15)9-16-12/h3-7,9,11H,2H2,1H3,(H,17,18). The Kier molecular flexibility index (Phi) is 4.26. The van der Waals surface area contributed by atoms with Gasteiger partial charge in [-0.3, -0.25) is 4.79 Å². The van der Waals surface area contributed by atoms with Crippen LogP contribution in [0.3, 0.4) is 0 Å². The van der Waals surface area contributed by atoms with Crippen LogP contribution in [-0.4, -0.2) is 10.9 Å². The van der Waals surface area contributed by atoms with Crippen LogP contribution in [0.5, 0.6) is 0 Å². The Hall–Kier alpha value is -2.19. The summed E-state index contributed by atoms with van der Waals surface area (Å²) in [4.78, 5) is 17.2. The Morgan fingerprint density at radius 3 is 2.89 bits per heavy atom. The molecule has 2 aromatic rings. The number of pyridine rings is 1. The van der Waals surface area contributed by atoms with E-state index in [1.807, 2.05) is 30.5 Å². The molecule has 0 spiro atoms. The van der Waals surface area contributed by atoms with Crippen LogP contribution in [0, 0.1) is 11.3 Å². The fraction of sp³-hybridized carbons (Fsp3) is 0.214. The zero-order valence-corrected chi connectivity index (χ0v) is 11.3. The first-order chi connectivity index (χ1) is 9.24. The number of hydrogen-bond donors (Lipinski definition) is 1. The van der Waals surface area contributed by atoms with E-state index < -0.39 is 0 Å². The molecule has 96 valence electrons. The van der Waals surface area contributed by atoms with Crippen molar-refractivity contribution in [3.63, 3.8) is 0 Å². The largest absolute Gasteiger partial charge is 0.343 e. The Morgan fingerprint density at radius 2 is 2.37 bits per heavy atom. The van der Waals surface area contributed by atoms with E-state index in [0.717, 1.165) is 11.3 Å². The maximum absolute atomic E-state index is 12.1. The van der Waals surface area contributed by atoms with Crippen molar-refractivity contribution in [1.82, 2.24) is 10.3 Å². The van der Waals surface area contributed by atoms with E-state index in [2.05, 4.69) is 10.3 Å². The van der Waals surface area contributed by atoms with Crippen molar-refractivity contribution in [2.75, 3.05) is 0 Å². The van der Waals surface area contributed by atoms with Crippen molar-refractivity contribution in [1.29, 1.82) is 5.26 Å². The van der Waals surface area contributed by atoms with Gasteiger partial charge in [0.05, 0.1) is 11.6 Å². The SMILES string of the molecule is CCC(NC(=O)c1ccc(C#N)cn1)c1cccs1. The molecule has 2 heterocycles. The van der Waals surface area contributed by atoms with Crippen LogP contribution >= 0.6 is 11.3 Å². The number of rotatable bonds is 4. The highest BCUT2D eigenvalue weighted by molar-refractivity contribution is 7.10. The lowest BCUT2D eigenvalue weighted by molar-refractivity contribution is 0.0931. The molecule has 4 nitrogen and oxygen atoms in total. The van der Waals surface area contributed by atoms with E-state index in [9.17, 15) is 4.79 Å². The molecule has 2 aromatic heterocycles. The van der Waals surface area contributed by atoms with Gasteiger partial charge in [-0.25, -0.2) is 4.98 Å². The minimum atomic E-state index is -0.218. The molecule has 0 bridgehead atoms. The molecule has 5 heteroatoms. The van der Waals surface area contributed by atoms with Gasteiger partial charge in [-0.15, -0.1) is 11.3 Å².